The summed E-state index contributed by atoms with van der Waals surface area (Å²) in [4.78, 5) is 1.42. The summed E-state index contributed by atoms with van der Waals surface area (Å²) in [5.74, 6) is 0.449. The summed E-state index contributed by atoms with van der Waals surface area (Å²) < 4.78 is 38.0. The van der Waals surface area contributed by atoms with E-state index in [-0.39, 0.29) is 6.61 Å². The highest BCUT2D eigenvalue weighted by molar-refractivity contribution is 5.60. The summed E-state index contributed by atoms with van der Waals surface area (Å²) in [6, 6.07) is 12.6. The Morgan fingerprint density at radius 3 is 2.42 bits per heavy atom. The number of tetrazole rings is 1. The number of nitrogens with zero attached hydrogens (tertiary/aromatic N) is 4. The quantitative estimate of drug-likeness (QED) is 0.731. The molecule has 0 aliphatic rings. The second kappa shape index (κ2) is 7.65. The Hall–Kier alpha value is -2.74. The van der Waals surface area contributed by atoms with Crippen molar-refractivity contribution in [3.63, 3.8) is 0 Å². The highest BCUT2D eigenvalue weighted by atomic mass is 19.4. The summed E-state index contributed by atoms with van der Waals surface area (Å²) in [6.45, 7) is 0.506. The van der Waals surface area contributed by atoms with Gasteiger partial charge in [0.15, 0.2) is 0 Å². The molecule has 3 rings (SSSR count). The van der Waals surface area contributed by atoms with Gasteiger partial charge in [-0.1, -0.05) is 36.4 Å². The molecule has 0 saturated carbocycles. The van der Waals surface area contributed by atoms with E-state index in [1.54, 1.807) is 0 Å². The van der Waals surface area contributed by atoms with Crippen molar-refractivity contribution in [2.24, 2.45) is 0 Å². The fourth-order valence-corrected chi connectivity index (χ4v) is 2.58. The van der Waals surface area contributed by atoms with Crippen LogP contribution in [0.3, 0.4) is 0 Å². The van der Waals surface area contributed by atoms with Crippen molar-refractivity contribution in [1.29, 1.82) is 0 Å². The lowest BCUT2D eigenvalue weighted by atomic mass is 9.98. The Morgan fingerprint density at radius 2 is 1.73 bits per heavy atom. The molecule has 26 heavy (non-hydrogen) atoms. The Balaban J connectivity index is 1.82. The van der Waals surface area contributed by atoms with Crippen molar-refractivity contribution in [2.45, 2.75) is 25.6 Å². The van der Waals surface area contributed by atoms with Gasteiger partial charge in [0, 0.05) is 12.2 Å². The number of alkyl halides is 3. The molecule has 0 fully saturated rings. The first-order valence-electron chi connectivity index (χ1n) is 8.10. The van der Waals surface area contributed by atoms with Gasteiger partial charge in [-0.15, -0.1) is 10.2 Å². The first-order valence-corrected chi connectivity index (χ1v) is 8.10. The van der Waals surface area contributed by atoms with Crippen molar-refractivity contribution in [3.8, 4) is 11.4 Å². The minimum atomic E-state index is -4.34. The average Bonchev–Trinajstić information content (AvgIpc) is 3.09. The van der Waals surface area contributed by atoms with E-state index in [0.29, 0.717) is 25.2 Å². The lowest BCUT2D eigenvalue weighted by Crippen LogP contribution is -2.05. The van der Waals surface area contributed by atoms with E-state index in [9.17, 15) is 13.2 Å². The normalized spacial score (nSPS) is 11.7. The number of rotatable bonds is 6. The molecule has 1 aromatic heterocycles. The third-order valence-corrected chi connectivity index (χ3v) is 3.90. The van der Waals surface area contributed by atoms with E-state index < -0.39 is 11.7 Å². The molecule has 0 spiro atoms. The predicted octanol–water partition coefficient (Wildman–Crippen LogP) is 3.33. The number of aliphatic hydroxyl groups excluding tert-OH is 1. The van der Waals surface area contributed by atoms with Gasteiger partial charge >= 0.3 is 6.18 Å². The van der Waals surface area contributed by atoms with Crippen LogP contribution < -0.4 is 0 Å². The fraction of sp³-hybridized carbons (Fsp3) is 0.278. The van der Waals surface area contributed by atoms with Crippen LogP contribution in [0.4, 0.5) is 13.2 Å². The number of aryl methyl sites for hydroxylation is 1. The summed E-state index contributed by atoms with van der Waals surface area (Å²) in [5, 5.41) is 21.2. The van der Waals surface area contributed by atoms with Crippen molar-refractivity contribution in [3.05, 3.63) is 65.2 Å². The van der Waals surface area contributed by atoms with Crippen molar-refractivity contribution < 1.29 is 18.3 Å². The van der Waals surface area contributed by atoms with E-state index in [0.717, 1.165) is 28.8 Å². The Kier molecular flexibility index (Phi) is 5.32. The SMILES string of the molecule is OCCCn1nnc(-c2ccccc2Cc2ccc(C(F)(F)F)cc2)n1. The number of benzene rings is 2. The standard InChI is InChI=1S/C18H17F3N4O/c19-18(20,21)15-8-6-13(7-9-15)12-14-4-1-2-5-16(14)17-22-24-25(23-17)10-3-11-26/h1-2,4-9,26H,3,10-12H2. The van der Waals surface area contributed by atoms with Gasteiger partial charge in [-0.25, -0.2) is 0 Å². The van der Waals surface area contributed by atoms with Crippen LogP contribution in [-0.4, -0.2) is 31.9 Å². The first kappa shape index (κ1) is 18.1. The molecule has 8 heteroatoms. The monoisotopic (exact) mass is 362 g/mol. The second-order valence-corrected chi connectivity index (χ2v) is 5.81. The van der Waals surface area contributed by atoms with E-state index >= 15 is 0 Å². The molecule has 1 heterocycles. The maximum atomic E-state index is 12.7. The summed E-state index contributed by atoms with van der Waals surface area (Å²) in [7, 11) is 0. The van der Waals surface area contributed by atoms with Crippen molar-refractivity contribution in [2.75, 3.05) is 6.61 Å². The zero-order chi connectivity index (χ0) is 18.6. The van der Waals surface area contributed by atoms with Gasteiger partial charge < -0.3 is 5.11 Å². The molecule has 0 unspecified atom stereocenters. The van der Waals surface area contributed by atoms with Crippen LogP contribution in [0.1, 0.15) is 23.1 Å². The summed E-state index contributed by atoms with van der Waals surface area (Å²) in [6.07, 6.45) is -3.35. The Bertz CT molecular complexity index is 859. The molecular weight excluding hydrogens is 345 g/mol. The van der Waals surface area contributed by atoms with Crippen LogP contribution in [0.2, 0.25) is 0 Å². The molecule has 0 bridgehead atoms. The zero-order valence-electron chi connectivity index (χ0n) is 13.8. The summed E-state index contributed by atoms with van der Waals surface area (Å²) in [5.41, 5.74) is 1.78. The Morgan fingerprint density at radius 1 is 1.00 bits per heavy atom. The van der Waals surface area contributed by atoms with Gasteiger partial charge in [0.2, 0.25) is 5.82 Å². The van der Waals surface area contributed by atoms with Crippen LogP contribution in [0.5, 0.6) is 0 Å². The van der Waals surface area contributed by atoms with E-state index in [2.05, 4.69) is 15.4 Å². The number of aliphatic hydroxyl groups is 1. The highest BCUT2D eigenvalue weighted by Gasteiger charge is 2.29. The van der Waals surface area contributed by atoms with Crippen LogP contribution in [0, 0.1) is 0 Å². The molecule has 136 valence electrons. The van der Waals surface area contributed by atoms with Crippen molar-refractivity contribution >= 4 is 0 Å². The lowest BCUT2D eigenvalue weighted by Gasteiger charge is -2.09. The molecule has 3 aromatic rings. The molecular formula is C18H17F3N4O. The molecule has 2 aromatic carbocycles. The molecule has 1 N–H and O–H groups in total. The summed E-state index contributed by atoms with van der Waals surface area (Å²) >= 11 is 0. The molecule has 0 amide bonds. The number of hydrogen-bond acceptors (Lipinski definition) is 4. The van der Waals surface area contributed by atoms with Gasteiger partial charge in [0.05, 0.1) is 12.1 Å². The molecule has 0 aliphatic heterocycles. The minimum Gasteiger partial charge on any atom is -0.396 e. The maximum Gasteiger partial charge on any atom is 0.416 e. The third kappa shape index (κ3) is 4.26. The van der Waals surface area contributed by atoms with Gasteiger partial charge in [-0.2, -0.15) is 18.0 Å². The molecule has 0 aliphatic carbocycles. The third-order valence-electron chi connectivity index (χ3n) is 3.90. The number of hydrogen-bond donors (Lipinski definition) is 1. The molecule has 5 nitrogen and oxygen atoms in total. The van der Waals surface area contributed by atoms with E-state index in [4.69, 9.17) is 5.11 Å². The Labute approximate surface area is 148 Å². The smallest absolute Gasteiger partial charge is 0.396 e. The highest BCUT2D eigenvalue weighted by Crippen LogP contribution is 2.30. The van der Waals surface area contributed by atoms with E-state index in [1.807, 2.05) is 24.3 Å². The van der Waals surface area contributed by atoms with Crippen LogP contribution in [-0.2, 0) is 19.1 Å². The number of halogens is 3. The molecule has 0 saturated heterocycles. The minimum absolute atomic E-state index is 0.0430. The second-order valence-electron chi connectivity index (χ2n) is 5.81. The van der Waals surface area contributed by atoms with Crippen LogP contribution in [0.15, 0.2) is 48.5 Å². The van der Waals surface area contributed by atoms with Gasteiger partial charge in [-0.05, 0) is 41.3 Å². The first-order chi connectivity index (χ1) is 12.5. The zero-order valence-corrected chi connectivity index (χ0v) is 13.8. The topological polar surface area (TPSA) is 63.8 Å². The largest absolute Gasteiger partial charge is 0.416 e. The predicted molar refractivity (Wildman–Crippen MR) is 89.2 cm³/mol. The van der Waals surface area contributed by atoms with Gasteiger partial charge in [0.1, 0.15) is 0 Å². The molecule has 0 radical (unpaired) electrons. The van der Waals surface area contributed by atoms with Gasteiger partial charge in [-0.3, -0.25) is 0 Å². The maximum absolute atomic E-state index is 12.7. The van der Waals surface area contributed by atoms with Crippen LogP contribution >= 0.6 is 0 Å². The lowest BCUT2D eigenvalue weighted by molar-refractivity contribution is -0.137. The van der Waals surface area contributed by atoms with Crippen LogP contribution in [0.25, 0.3) is 11.4 Å². The molecule has 0 atom stereocenters. The van der Waals surface area contributed by atoms with Gasteiger partial charge in [0.25, 0.3) is 0 Å². The van der Waals surface area contributed by atoms with Crippen molar-refractivity contribution in [1.82, 2.24) is 20.2 Å². The van der Waals surface area contributed by atoms with E-state index in [1.165, 1.54) is 16.9 Å². The fourth-order valence-electron chi connectivity index (χ4n) is 2.58. The number of aromatic nitrogens is 4. The average molecular weight is 362 g/mol.